The fourth-order valence-corrected chi connectivity index (χ4v) is 3.29. The van der Waals surface area contributed by atoms with E-state index in [9.17, 15) is 12.3 Å². The lowest BCUT2D eigenvalue weighted by atomic mass is 11.8. The third-order valence-corrected chi connectivity index (χ3v) is 3.85. The van der Waals surface area contributed by atoms with Gasteiger partial charge in [-0.15, -0.1) is 0 Å². The number of nitrogens with one attached hydrogen (secondary N) is 1. The summed E-state index contributed by atoms with van der Waals surface area (Å²) >= 11 is 0. The van der Waals surface area contributed by atoms with E-state index in [1.807, 2.05) is 4.39 Å². The molecule has 0 saturated carbocycles. The van der Waals surface area contributed by atoms with E-state index >= 15 is 0 Å². The molecular weight excluding hydrogens is 161 g/mol. The van der Waals surface area contributed by atoms with E-state index in [-0.39, 0.29) is 0 Å². The van der Waals surface area contributed by atoms with E-state index in [0.717, 1.165) is 0 Å². The molecule has 0 aliphatic carbocycles. The van der Waals surface area contributed by atoms with Crippen molar-refractivity contribution in [2.45, 2.75) is 19.6 Å². The van der Waals surface area contributed by atoms with Crippen LogP contribution in [0.25, 0.3) is 0 Å². The Hall–Kier alpha value is 0.0569. The molecule has 56 valence electrons. The van der Waals surface area contributed by atoms with Crippen molar-refractivity contribution < 1.29 is 12.3 Å². The van der Waals surface area contributed by atoms with Gasteiger partial charge in [-0.05, 0) is 0 Å². The standard InChI is InChI=1S/C3H10FNO2SSi/c1-9(2,3)5-8(4,6)7/h5H,1-3H3. The fraction of sp³-hybridized carbons (Fsp3) is 1.00. The van der Waals surface area contributed by atoms with Crippen molar-refractivity contribution in [3.05, 3.63) is 0 Å². The van der Waals surface area contributed by atoms with Gasteiger partial charge in [0.2, 0.25) is 0 Å². The summed E-state index contributed by atoms with van der Waals surface area (Å²) in [5.41, 5.74) is 0. The second-order valence-electron chi connectivity index (χ2n) is 2.79. The SMILES string of the molecule is C[Si](C)(C)NS(=O)(=O)F. The Morgan fingerprint density at radius 3 is 1.67 bits per heavy atom. The van der Waals surface area contributed by atoms with Crippen molar-refractivity contribution in [1.82, 2.24) is 4.39 Å². The van der Waals surface area contributed by atoms with Crippen molar-refractivity contribution in [2.24, 2.45) is 0 Å². The summed E-state index contributed by atoms with van der Waals surface area (Å²) < 4.78 is 33.5. The first-order chi connectivity index (χ1) is 3.71. The van der Waals surface area contributed by atoms with Crippen molar-refractivity contribution in [3.8, 4) is 0 Å². The molecule has 0 aromatic rings. The summed E-state index contributed by atoms with van der Waals surface area (Å²) in [5.74, 6) is 0. The first-order valence-corrected chi connectivity index (χ1v) is 7.33. The summed E-state index contributed by atoms with van der Waals surface area (Å²) in [5, 5.41) is 0. The first-order valence-electron chi connectivity index (χ1n) is 2.44. The molecule has 0 heterocycles. The molecule has 1 N–H and O–H groups in total. The molecule has 0 saturated heterocycles. The molecule has 0 radical (unpaired) electrons. The Morgan fingerprint density at radius 2 is 1.67 bits per heavy atom. The molecule has 0 aliphatic rings. The molecule has 0 aromatic carbocycles. The number of hydrogen-bond donors (Lipinski definition) is 1. The lowest BCUT2D eigenvalue weighted by Crippen LogP contribution is -2.43. The summed E-state index contributed by atoms with van der Waals surface area (Å²) in [6.45, 7) is 5.10. The van der Waals surface area contributed by atoms with Gasteiger partial charge in [0, 0.05) is 0 Å². The molecule has 0 fully saturated rings. The maximum Gasteiger partial charge on any atom is 0.366 e. The Balaban J connectivity index is 4.07. The molecule has 0 aromatic heterocycles. The first kappa shape index (κ1) is 9.06. The highest BCUT2D eigenvalue weighted by atomic mass is 32.3. The smallest absolute Gasteiger partial charge is 0.211 e. The van der Waals surface area contributed by atoms with E-state index in [1.165, 1.54) is 0 Å². The topological polar surface area (TPSA) is 46.2 Å². The maximum absolute atomic E-state index is 11.8. The summed E-state index contributed by atoms with van der Waals surface area (Å²) in [6, 6.07) is 0. The lowest BCUT2D eigenvalue weighted by molar-refractivity contribution is 0.548. The Morgan fingerprint density at radius 1 is 1.33 bits per heavy atom. The van der Waals surface area contributed by atoms with Gasteiger partial charge in [0.1, 0.15) is 8.24 Å². The summed E-state index contributed by atoms with van der Waals surface area (Å²) in [6.07, 6.45) is 0. The van der Waals surface area contributed by atoms with Crippen LogP contribution in [0.2, 0.25) is 19.6 Å². The van der Waals surface area contributed by atoms with Crippen LogP contribution < -0.4 is 4.39 Å². The predicted octanol–water partition coefficient (Wildman–Crippen LogP) is 0.625. The van der Waals surface area contributed by atoms with Crippen LogP contribution >= 0.6 is 0 Å². The van der Waals surface area contributed by atoms with Crippen molar-refractivity contribution in [3.63, 3.8) is 0 Å². The van der Waals surface area contributed by atoms with Gasteiger partial charge < -0.3 is 0 Å². The van der Waals surface area contributed by atoms with Gasteiger partial charge in [-0.3, -0.25) is 0 Å². The van der Waals surface area contributed by atoms with Crippen molar-refractivity contribution in [1.29, 1.82) is 0 Å². The average Bonchev–Trinajstić information content (AvgIpc) is 1.14. The van der Waals surface area contributed by atoms with Crippen LogP contribution in [0.15, 0.2) is 0 Å². The highest BCUT2D eigenvalue weighted by Gasteiger charge is 2.20. The van der Waals surface area contributed by atoms with Crippen LogP contribution in [0.3, 0.4) is 0 Å². The minimum Gasteiger partial charge on any atom is -0.211 e. The molecule has 6 heteroatoms. The van der Waals surface area contributed by atoms with Gasteiger partial charge in [0.15, 0.2) is 0 Å². The van der Waals surface area contributed by atoms with E-state index < -0.39 is 18.6 Å². The van der Waals surface area contributed by atoms with Gasteiger partial charge in [-0.1, -0.05) is 23.5 Å². The molecule has 0 spiro atoms. The quantitative estimate of drug-likeness (QED) is 0.489. The Bertz CT molecular complexity index is 182. The Kier molecular flexibility index (Phi) is 2.37. The van der Waals surface area contributed by atoms with Crippen LogP contribution in [-0.4, -0.2) is 16.7 Å². The normalized spacial score (nSPS) is 13.8. The lowest BCUT2D eigenvalue weighted by Gasteiger charge is -2.12. The molecule has 0 amide bonds. The molecule has 0 unspecified atom stereocenters. The minimum absolute atomic E-state index is 1.70. The molecule has 0 atom stereocenters. The largest absolute Gasteiger partial charge is 0.366 e. The van der Waals surface area contributed by atoms with Crippen LogP contribution in [0, 0.1) is 0 Å². The van der Waals surface area contributed by atoms with Crippen molar-refractivity contribution in [2.75, 3.05) is 0 Å². The van der Waals surface area contributed by atoms with Gasteiger partial charge in [-0.2, -0.15) is 8.42 Å². The second-order valence-corrected chi connectivity index (χ2v) is 8.98. The third-order valence-electron chi connectivity index (χ3n) is 0.428. The second kappa shape index (κ2) is 2.35. The van der Waals surface area contributed by atoms with Crippen LogP contribution in [-0.2, 0) is 10.4 Å². The maximum atomic E-state index is 11.8. The van der Waals surface area contributed by atoms with Gasteiger partial charge in [0.05, 0.1) is 0 Å². The van der Waals surface area contributed by atoms with Crippen LogP contribution in [0.1, 0.15) is 0 Å². The predicted molar refractivity (Wildman–Crippen MR) is 36.5 cm³/mol. The monoisotopic (exact) mass is 171 g/mol. The van der Waals surface area contributed by atoms with E-state index in [1.54, 1.807) is 19.6 Å². The van der Waals surface area contributed by atoms with Crippen LogP contribution in [0.4, 0.5) is 3.89 Å². The Labute approximate surface area is 55.7 Å². The fourth-order valence-electron chi connectivity index (χ4n) is 0.366. The van der Waals surface area contributed by atoms with E-state index in [4.69, 9.17) is 0 Å². The molecular formula is C3H10FNO2SSi. The average molecular weight is 171 g/mol. The summed E-state index contributed by atoms with van der Waals surface area (Å²) in [4.78, 5) is 0. The molecule has 0 bridgehead atoms. The molecule has 9 heavy (non-hydrogen) atoms. The van der Waals surface area contributed by atoms with Crippen LogP contribution in [0.5, 0.6) is 0 Å². The van der Waals surface area contributed by atoms with E-state index in [0.29, 0.717) is 0 Å². The minimum atomic E-state index is -4.47. The van der Waals surface area contributed by atoms with Gasteiger partial charge in [0.25, 0.3) is 0 Å². The van der Waals surface area contributed by atoms with E-state index in [2.05, 4.69) is 0 Å². The number of hydrogen-bond acceptors (Lipinski definition) is 2. The van der Waals surface area contributed by atoms with Gasteiger partial charge in [-0.25, -0.2) is 4.39 Å². The summed E-state index contributed by atoms with van der Waals surface area (Å²) in [7, 11) is -6.48. The highest BCUT2D eigenvalue weighted by Crippen LogP contribution is 1.97. The zero-order valence-electron chi connectivity index (χ0n) is 5.60. The zero-order valence-corrected chi connectivity index (χ0v) is 7.42. The number of rotatable bonds is 2. The molecule has 0 rings (SSSR count). The highest BCUT2D eigenvalue weighted by molar-refractivity contribution is 7.85. The third kappa shape index (κ3) is 8.06. The number of halogens is 1. The zero-order chi connectivity index (χ0) is 7.71. The van der Waals surface area contributed by atoms with Gasteiger partial charge >= 0.3 is 10.4 Å². The molecule has 0 aliphatic heterocycles. The molecule has 3 nitrogen and oxygen atoms in total. The van der Waals surface area contributed by atoms with Crippen molar-refractivity contribution >= 4 is 18.6 Å².